The number of hydrogen-bond acceptors (Lipinski definition) is 5. The Morgan fingerprint density at radius 1 is 1.38 bits per heavy atom. The summed E-state index contributed by atoms with van der Waals surface area (Å²) in [5, 5.41) is 19.2. The van der Waals surface area contributed by atoms with Gasteiger partial charge in [0.2, 0.25) is 5.91 Å². The molecule has 0 aromatic rings. The van der Waals surface area contributed by atoms with Gasteiger partial charge in [0.15, 0.2) is 9.84 Å². The van der Waals surface area contributed by atoms with Gasteiger partial charge < -0.3 is 15.5 Å². The standard InChI is InChI=1S/C8H15NO6S/c1-8(2,16(3,14)15)7(13)9-5(4-10)6(11)12/h5,10H,4H2,1-3H3,(H,9,13)(H,11,12)/t5-/m1/s1. The lowest BCUT2D eigenvalue weighted by Crippen LogP contribution is -2.53. The lowest BCUT2D eigenvalue weighted by molar-refractivity contribution is -0.143. The van der Waals surface area contributed by atoms with Crippen molar-refractivity contribution >= 4 is 21.7 Å². The van der Waals surface area contributed by atoms with E-state index >= 15 is 0 Å². The molecule has 0 saturated heterocycles. The summed E-state index contributed by atoms with van der Waals surface area (Å²) >= 11 is 0. The van der Waals surface area contributed by atoms with Gasteiger partial charge in [-0.25, -0.2) is 13.2 Å². The fraction of sp³-hybridized carbons (Fsp3) is 0.750. The van der Waals surface area contributed by atoms with Gasteiger partial charge in [0, 0.05) is 6.26 Å². The van der Waals surface area contributed by atoms with Crippen molar-refractivity contribution in [3.8, 4) is 0 Å². The highest BCUT2D eigenvalue weighted by Crippen LogP contribution is 2.15. The maximum atomic E-state index is 11.5. The van der Waals surface area contributed by atoms with Crippen LogP contribution in [-0.2, 0) is 19.4 Å². The molecule has 0 bridgehead atoms. The average Bonchev–Trinajstić information content (AvgIpc) is 2.11. The maximum Gasteiger partial charge on any atom is 0.328 e. The highest BCUT2D eigenvalue weighted by molar-refractivity contribution is 7.92. The number of carboxylic acids is 1. The van der Waals surface area contributed by atoms with Crippen LogP contribution in [0.3, 0.4) is 0 Å². The van der Waals surface area contributed by atoms with Gasteiger partial charge in [0.1, 0.15) is 10.8 Å². The molecule has 0 aromatic heterocycles. The molecule has 3 N–H and O–H groups in total. The van der Waals surface area contributed by atoms with Crippen LogP contribution in [0.4, 0.5) is 0 Å². The number of nitrogens with one attached hydrogen (secondary N) is 1. The first kappa shape index (κ1) is 14.8. The number of sulfone groups is 1. The molecule has 0 saturated carbocycles. The van der Waals surface area contributed by atoms with Crippen LogP contribution in [-0.4, -0.2) is 54.2 Å². The molecule has 0 fully saturated rings. The Morgan fingerprint density at radius 2 is 1.81 bits per heavy atom. The summed E-state index contributed by atoms with van der Waals surface area (Å²) < 4.78 is 20.8. The first-order valence-corrected chi connectivity index (χ1v) is 6.27. The van der Waals surface area contributed by atoms with Gasteiger partial charge in [0.05, 0.1) is 6.61 Å². The van der Waals surface area contributed by atoms with E-state index in [0.29, 0.717) is 0 Å². The minimum Gasteiger partial charge on any atom is -0.480 e. The van der Waals surface area contributed by atoms with Crippen LogP contribution in [0.1, 0.15) is 13.8 Å². The number of hydrogen-bond donors (Lipinski definition) is 3. The molecule has 94 valence electrons. The molecule has 0 aliphatic rings. The molecule has 16 heavy (non-hydrogen) atoms. The van der Waals surface area contributed by atoms with E-state index in [0.717, 1.165) is 20.1 Å². The second kappa shape index (κ2) is 4.79. The van der Waals surface area contributed by atoms with Crippen molar-refractivity contribution in [2.24, 2.45) is 0 Å². The minimum atomic E-state index is -3.67. The molecule has 0 rings (SSSR count). The number of aliphatic hydroxyl groups excluding tert-OH is 1. The predicted octanol–water partition coefficient (Wildman–Crippen LogP) is -1.63. The number of carboxylic acid groups (broad SMARTS) is 1. The van der Waals surface area contributed by atoms with Gasteiger partial charge in [-0.3, -0.25) is 4.79 Å². The van der Waals surface area contributed by atoms with Gasteiger partial charge in [-0.1, -0.05) is 0 Å². The second-order valence-electron chi connectivity index (χ2n) is 3.83. The Labute approximate surface area is 93.4 Å². The van der Waals surface area contributed by atoms with Crippen LogP contribution < -0.4 is 5.32 Å². The molecule has 0 spiro atoms. The van der Waals surface area contributed by atoms with Gasteiger partial charge in [-0.2, -0.15) is 0 Å². The fourth-order valence-corrected chi connectivity index (χ4v) is 1.08. The monoisotopic (exact) mass is 253 g/mol. The third-order valence-corrected chi connectivity index (χ3v) is 4.30. The van der Waals surface area contributed by atoms with Gasteiger partial charge >= 0.3 is 5.97 Å². The van der Waals surface area contributed by atoms with Crippen molar-refractivity contribution < 1.29 is 28.2 Å². The first-order valence-electron chi connectivity index (χ1n) is 4.38. The summed E-state index contributed by atoms with van der Waals surface area (Å²) in [6, 6.07) is -1.51. The third kappa shape index (κ3) is 3.17. The van der Waals surface area contributed by atoms with Crippen LogP contribution in [0.5, 0.6) is 0 Å². The van der Waals surface area contributed by atoms with E-state index in [2.05, 4.69) is 0 Å². The zero-order chi connectivity index (χ0) is 13.1. The smallest absolute Gasteiger partial charge is 0.328 e. The molecule has 0 aromatic carbocycles. The van der Waals surface area contributed by atoms with E-state index in [4.69, 9.17) is 10.2 Å². The number of rotatable bonds is 5. The van der Waals surface area contributed by atoms with Crippen LogP contribution in [0.25, 0.3) is 0 Å². The molecule has 0 aliphatic carbocycles. The van der Waals surface area contributed by atoms with E-state index in [1.54, 1.807) is 0 Å². The summed E-state index contributed by atoms with van der Waals surface area (Å²) in [6.07, 6.45) is 0.876. The Kier molecular flexibility index (Phi) is 4.45. The lowest BCUT2D eigenvalue weighted by atomic mass is 10.1. The third-order valence-electron chi connectivity index (χ3n) is 2.26. The highest BCUT2D eigenvalue weighted by atomic mass is 32.2. The maximum absolute atomic E-state index is 11.5. The largest absolute Gasteiger partial charge is 0.480 e. The lowest BCUT2D eigenvalue weighted by Gasteiger charge is -2.23. The van der Waals surface area contributed by atoms with Gasteiger partial charge in [-0.15, -0.1) is 0 Å². The Bertz CT molecular complexity index is 385. The van der Waals surface area contributed by atoms with Crippen molar-refractivity contribution in [2.75, 3.05) is 12.9 Å². The molecule has 0 aliphatic heterocycles. The Balaban J connectivity index is 4.90. The summed E-state index contributed by atoms with van der Waals surface area (Å²) in [5.74, 6) is -2.39. The highest BCUT2D eigenvalue weighted by Gasteiger charge is 2.40. The summed E-state index contributed by atoms with van der Waals surface area (Å²) in [7, 11) is -3.67. The molecule has 0 heterocycles. The normalized spacial score (nSPS) is 14.2. The van der Waals surface area contributed by atoms with E-state index < -0.39 is 39.1 Å². The van der Waals surface area contributed by atoms with Crippen molar-refractivity contribution in [3.05, 3.63) is 0 Å². The van der Waals surface area contributed by atoms with Crippen molar-refractivity contribution in [1.82, 2.24) is 5.32 Å². The molecule has 0 radical (unpaired) electrons. The molecular formula is C8H15NO6S. The zero-order valence-electron chi connectivity index (χ0n) is 9.22. The number of carbonyl (C=O) groups excluding carboxylic acids is 1. The van der Waals surface area contributed by atoms with E-state index in [9.17, 15) is 18.0 Å². The number of amides is 1. The van der Waals surface area contributed by atoms with Crippen LogP contribution in [0.15, 0.2) is 0 Å². The predicted molar refractivity (Wildman–Crippen MR) is 55.6 cm³/mol. The van der Waals surface area contributed by atoms with E-state index in [-0.39, 0.29) is 0 Å². The summed E-state index contributed by atoms with van der Waals surface area (Å²) in [4.78, 5) is 22.0. The minimum absolute atomic E-state index is 0.805. The molecule has 1 atom stereocenters. The molecule has 8 heteroatoms. The second-order valence-corrected chi connectivity index (χ2v) is 6.39. The topological polar surface area (TPSA) is 121 Å². The SMILES string of the molecule is CC(C)(C(=O)N[C@H](CO)C(=O)O)S(C)(=O)=O. The first-order chi connectivity index (χ1) is 7.04. The number of carbonyl (C=O) groups is 2. The average molecular weight is 253 g/mol. The molecular weight excluding hydrogens is 238 g/mol. The molecule has 0 unspecified atom stereocenters. The van der Waals surface area contributed by atoms with Crippen molar-refractivity contribution in [2.45, 2.75) is 24.6 Å². The molecule has 1 amide bonds. The van der Waals surface area contributed by atoms with Crippen molar-refractivity contribution in [1.29, 1.82) is 0 Å². The Morgan fingerprint density at radius 3 is 2.06 bits per heavy atom. The van der Waals surface area contributed by atoms with Crippen LogP contribution in [0.2, 0.25) is 0 Å². The summed E-state index contributed by atoms with van der Waals surface area (Å²) in [5.41, 5.74) is 0. The number of aliphatic carboxylic acids is 1. The Hall–Kier alpha value is -1.15. The van der Waals surface area contributed by atoms with Gasteiger partial charge in [0.25, 0.3) is 0 Å². The fourth-order valence-electron chi connectivity index (χ4n) is 0.686. The quantitative estimate of drug-likeness (QED) is 0.541. The van der Waals surface area contributed by atoms with Crippen LogP contribution >= 0.6 is 0 Å². The summed E-state index contributed by atoms with van der Waals surface area (Å²) in [6.45, 7) is 1.52. The van der Waals surface area contributed by atoms with E-state index in [1.165, 1.54) is 0 Å². The van der Waals surface area contributed by atoms with E-state index in [1.807, 2.05) is 5.32 Å². The molecule has 7 nitrogen and oxygen atoms in total. The van der Waals surface area contributed by atoms with Crippen LogP contribution in [0, 0.1) is 0 Å². The zero-order valence-corrected chi connectivity index (χ0v) is 10.0. The number of aliphatic hydroxyl groups is 1. The van der Waals surface area contributed by atoms with Gasteiger partial charge in [-0.05, 0) is 13.8 Å². The van der Waals surface area contributed by atoms with Crippen molar-refractivity contribution in [3.63, 3.8) is 0 Å².